The maximum atomic E-state index is 15.6. The van der Waals surface area contributed by atoms with Crippen molar-refractivity contribution < 1.29 is 27.4 Å². The number of fused-ring (bicyclic) bond motifs is 3. The average Bonchev–Trinajstić information content (AvgIpc) is 3.45. The normalized spacial score (nSPS) is 17.7. The first-order valence-electron chi connectivity index (χ1n) is 15.5. The Morgan fingerprint density at radius 3 is 2.38 bits per heavy atom. The molecule has 11 heteroatoms. The fourth-order valence-electron chi connectivity index (χ4n) is 6.59. The molecule has 238 valence electrons. The number of urea groups is 1. The second-order valence-electron chi connectivity index (χ2n) is 11.8. The summed E-state index contributed by atoms with van der Waals surface area (Å²) in [5.74, 6) is -2.48. The number of hydrogen-bond donors (Lipinski definition) is 1. The summed E-state index contributed by atoms with van der Waals surface area (Å²) < 4.78 is 55.5. The van der Waals surface area contributed by atoms with Gasteiger partial charge in [0.25, 0.3) is 0 Å². The molecule has 8 nitrogen and oxygen atoms in total. The van der Waals surface area contributed by atoms with Crippen molar-refractivity contribution in [1.82, 2.24) is 14.9 Å². The van der Waals surface area contributed by atoms with Gasteiger partial charge in [-0.1, -0.05) is 19.8 Å². The summed E-state index contributed by atoms with van der Waals surface area (Å²) >= 11 is 0. The highest BCUT2D eigenvalue weighted by Gasteiger charge is 2.38. The number of carbonyl (C=O) groups is 1. The number of aromatic nitrogens is 2. The van der Waals surface area contributed by atoms with E-state index in [1.807, 2.05) is 6.07 Å². The van der Waals surface area contributed by atoms with E-state index in [0.29, 0.717) is 33.9 Å². The summed E-state index contributed by atoms with van der Waals surface area (Å²) in [6, 6.07) is 7.81. The predicted octanol–water partition coefficient (Wildman–Crippen LogP) is 7.72. The minimum absolute atomic E-state index is 0.157. The van der Waals surface area contributed by atoms with Crippen molar-refractivity contribution in [2.45, 2.75) is 52.0 Å². The van der Waals surface area contributed by atoms with Gasteiger partial charge in [0.05, 0.1) is 32.1 Å². The monoisotopic (exact) mass is 621 g/mol. The molecule has 0 aliphatic carbocycles. The lowest BCUT2D eigenvalue weighted by atomic mass is 9.91. The van der Waals surface area contributed by atoms with Gasteiger partial charge in [0.2, 0.25) is 0 Å². The van der Waals surface area contributed by atoms with Crippen molar-refractivity contribution in [2.75, 3.05) is 43.7 Å². The number of benzene rings is 2. The van der Waals surface area contributed by atoms with Gasteiger partial charge >= 0.3 is 6.03 Å². The molecule has 0 spiro atoms. The average molecular weight is 622 g/mol. The molecule has 2 amide bonds. The molecule has 1 saturated heterocycles. The van der Waals surface area contributed by atoms with Gasteiger partial charge in [-0.25, -0.2) is 22.9 Å². The maximum absolute atomic E-state index is 15.6. The Morgan fingerprint density at radius 2 is 1.69 bits per heavy atom. The number of pyridine rings is 1. The van der Waals surface area contributed by atoms with E-state index < -0.39 is 29.2 Å². The number of nitrogens with zero attached hydrogens (tertiary/aromatic N) is 4. The van der Waals surface area contributed by atoms with Crippen molar-refractivity contribution in [3.05, 3.63) is 71.3 Å². The first-order chi connectivity index (χ1) is 21.8. The number of aromatic amines is 1. The third-order valence-electron chi connectivity index (χ3n) is 9.10. The Balaban J connectivity index is 1.39. The molecule has 4 heterocycles. The number of likely N-dealkylation sites (tertiary alicyclic amines) is 1. The highest BCUT2D eigenvalue weighted by molar-refractivity contribution is 6.15. The second kappa shape index (κ2) is 13.0. The SMILES string of the molecule is CCN1CCCCC(CCc2cc3c4c(cnc3[nH]2)CN(c2c(F)c(OC)cc(OC)c2F)C(=O)N4c2ccc(F)cc2)CC1. The number of nitrogens with one attached hydrogen (secondary N) is 1. The van der Waals surface area contributed by atoms with Crippen molar-refractivity contribution in [3.63, 3.8) is 0 Å². The van der Waals surface area contributed by atoms with Gasteiger partial charge in [0.15, 0.2) is 23.1 Å². The van der Waals surface area contributed by atoms with Crippen LogP contribution in [0.3, 0.4) is 0 Å². The standard InChI is InChI=1S/C34H38F3N5O3/c1-4-40-15-6-5-7-21(14-16-40)8-11-24-17-26-31-22(19-38-33(26)39-24)20-41(34(43)42(31)25-12-9-23(35)10-13-25)32-29(36)27(44-2)18-28(45-3)30(32)37/h9-10,12-13,17-19,21H,4-8,11,14-16,20H2,1-3H3,(H,38,39). The van der Waals surface area contributed by atoms with Crippen molar-refractivity contribution in [1.29, 1.82) is 0 Å². The summed E-state index contributed by atoms with van der Waals surface area (Å²) in [5.41, 5.74) is 2.45. The lowest BCUT2D eigenvalue weighted by molar-refractivity contribution is 0.224. The fraction of sp³-hybridized carbons (Fsp3) is 0.412. The van der Waals surface area contributed by atoms with E-state index in [-0.39, 0.29) is 18.0 Å². The minimum Gasteiger partial charge on any atom is -0.493 e. The topological polar surface area (TPSA) is 73.9 Å². The van der Waals surface area contributed by atoms with Crippen LogP contribution in [0.4, 0.5) is 35.0 Å². The Bertz CT molecular complexity index is 1660. The quantitative estimate of drug-likeness (QED) is 0.218. The summed E-state index contributed by atoms with van der Waals surface area (Å²) in [4.78, 5) is 27.2. The summed E-state index contributed by atoms with van der Waals surface area (Å²) in [6.45, 7) is 5.43. The van der Waals surface area contributed by atoms with Crippen LogP contribution in [0.15, 0.2) is 42.6 Å². The molecule has 0 radical (unpaired) electrons. The van der Waals surface area contributed by atoms with Crippen molar-refractivity contribution in [2.24, 2.45) is 5.92 Å². The summed E-state index contributed by atoms with van der Waals surface area (Å²) in [5, 5.41) is 0.707. The van der Waals surface area contributed by atoms with E-state index >= 15 is 8.78 Å². The van der Waals surface area contributed by atoms with E-state index in [4.69, 9.17) is 9.47 Å². The maximum Gasteiger partial charge on any atom is 0.334 e. The van der Waals surface area contributed by atoms with E-state index in [9.17, 15) is 9.18 Å². The zero-order valence-electron chi connectivity index (χ0n) is 25.8. The number of carbonyl (C=O) groups excluding carboxylic acids is 1. The van der Waals surface area contributed by atoms with Gasteiger partial charge in [-0.3, -0.25) is 9.80 Å². The number of aryl methyl sites for hydroxylation is 1. The third kappa shape index (κ3) is 5.93. The number of methoxy groups -OCH3 is 2. The van der Waals surface area contributed by atoms with E-state index in [1.54, 1.807) is 6.20 Å². The number of H-pyrrole nitrogens is 1. The molecule has 1 unspecified atom stereocenters. The summed E-state index contributed by atoms with van der Waals surface area (Å²) in [6.07, 6.45) is 8.33. The first-order valence-corrected chi connectivity index (χ1v) is 15.5. The van der Waals surface area contributed by atoms with Crippen LogP contribution in [-0.2, 0) is 13.0 Å². The molecular weight excluding hydrogens is 583 g/mol. The Kier molecular flexibility index (Phi) is 8.89. The van der Waals surface area contributed by atoms with Crippen LogP contribution in [0.5, 0.6) is 11.5 Å². The summed E-state index contributed by atoms with van der Waals surface area (Å²) in [7, 11) is 2.50. The molecule has 2 aliphatic heterocycles. The van der Waals surface area contributed by atoms with Gasteiger partial charge in [0, 0.05) is 28.9 Å². The largest absolute Gasteiger partial charge is 0.493 e. The third-order valence-corrected chi connectivity index (χ3v) is 9.10. The van der Waals surface area contributed by atoms with E-state index in [0.717, 1.165) is 42.6 Å². The van der Waals surface area contributed by atoms with Gasteiger partial charge in [-0.2, -0.15) is 0 Å². The molecule has 0 saturated carbocycles. The number of ether oxygens (including phenoxy) is 2. The van der Waals surface area contributed by atoms with Gasteiger partial charge < -0.3 is 19.4 Å². The van der Waals surface area contributed by atoms with Crippen LogP contribution in [0.2, 0.25) is 0 Å². The zero-order chi connectivity index (χ0) is 31.7. The molecule has 1 atom stereocenters. The minimum atomic E-state index is -1.04. The molecule has 2 aromatic heterocycles. The molecule has 2 aliphatic rings. The highest BCUT2D eigenvalue weighted by Crippen LogP contribution is 2.45. The number of hydrogen-bond acceptors (Lipinski definition) is 5. The molecule has 45 heavy (non-hydrogen) atoms. The number of anilines is 3. The molecule has 1 fully saturated rings. The van der Waals surface area contributed by atoms with Gasteiger partial charge in [0.1, 0.15) is 17.2 Å². The molecule has 4 aromatic rings. The molecule has 2 aromatic carbocycles. The number of rotatable bonds is 8. The smallest absolute Gasteiger partial charge is 0.334 e. The van der Waals surface area contributed by atoms with Crippen LogP contribution >= 0.6 is 0 Å². The highest BCUT2D eigenvalue weighted by atomic mass is 19.1. The zero-order valence-corrected chi connectivity index (χ0v) is 25.8. The van der Waals surface area contributed by atoms with Crippen LogP contribution < -0.4 is 19.3 Å². The number of amides is 2. The van der Waals surface area contributed by atoms with Crippen molar-refractivity contribution >= 4 is 34.1 Å². The van der Waals surface area contributed by atoms with Crippen molar-refractivity contribution in [3.8, 4) is 11.5 Å². The van der Waals surface area contributed by atoms with Gasteiger partial charge in [-0.05, 0) is 81.6 Å². The molecule has 6 rings (SSSR count). The van der Waals surface area contributed by atoms with E-state index in [2.05, 4.69) is 21.8 Å². The second-order valence-corrected chi connectivity index (χ2v) is 11.8. The molecule has 0 bridgehead atoms. The predicted molar refractivity (Wildman–Crippen MR) is 168 cm³/mol. The lowest BCUT2D eigenvalue weighted by Crippen LogP contribution is -2.46. The first kappa shape index (κ1) is 30.8. The Labute approximate surface area is 260 Å². The Morgan fingerprint density at radius 1 is 0.956 bits per heavy atom. The Hall–Kier alpha value is -4.25. The van der Waals surface area contributed by atoms with Crippen LogP contribution in [0, 0.1) is 23.4 Å². The van der Waals surface area contributed by atoms with Crippen LogP contribution in [0.1, 0.15) is 50.3 Å². The van der Waals surface area contributed by atoms with Crippen LogP contribution in [0.25, 0.3) is 11.0 Å². The molecule has 1 N–H and O–H groups in total. The fourth-order valence-corrected chi connectivity index (χ4v) is 6.59. The lowest BCUT2D eigenvalue weighted by Gasteiger charge is -2.37. The molecular formula is C34H38F3N5O3. The van der Waals surface area contributed by atoms with Crippen LogP contribution in [-0.4, -0.2) is 54.8 Å². The van der Waals surface area contributed by atoms with Gasteiger partial charge in [-0.15, -0.1) is 0 Å². The van der Waals surface area contributed by atoms with E-state index in [1.165, 1.54) is 75.6 Å². The number of halogens is 3.